The molecule has 276 valence electrons. The second-order valence-electron chi connectivity index (χ2n) is 14.0. The van der Waals surface area contributed by atoms with Crippen molar-refractivity contribution in [3.8, 4) is 45.9 Å². The van der Waals surface area contributed by atoms with Gasteiger partial charge in [-0.1, -0.05) is 24.3 Å². The molecule has 0 bridgehead atoms. The minimum absolute atomic E-state index is 0.0898. The van der Waals surface area contributed by atoms with E-state index in [4.69, 9.17) is 23.5 Å². The normalized spacial score (nSPS) is 17.9. The summed E-state index contributed by atoms with van der Waals surface area (Å²) in [6.07, 6.45) is 0.841. The second-order valence-corrected chi connectivity index (χ2v) is 14.0. The summed E-state index contributed by atoms with van der Waals surface area (Å²) in [6.45, 7) is 3.04. The zero-order valence-electron chi connectivity index (χ0n) is 29.6. The Morgan fingerprint density at radius 1 is 0.944 bits per heavy atom. The van der Waals surface area contributed by atoms with Crippen molar-refractivity contribution in [3.05, 3.63) is 88.5 Å². The van der Waals surface area contributed by atoms with Crippen molar-refractivity contribution < 1.29 is 36.6 Å². The number of nitriles is 1. The van der Waals surface area contributed by atoms with E-state index in [2.05, 4.69) is 6.07 Å². The number of ether oxygens (including phenoxy) is 1. The van der Waals surface area contributed by atoms with Gasteiger partial charge in [-0.25, -0.2) is 14.4 Å². The molecule has 2 aromatic heterocycles. The number of halogens is 3. The van der Waals surface area contributed by atoms with Gasteiger partial charge in [0.2, 0.25) is 11.8 Å². The first-order chi connectivity index (χ1) is 26.1. The molecule has 10 nitrogen and oxygen atoms in total. The highest BCUT2D eigenvalue weighted by atomic mass is 19.3. The molecule has 4 heterocycles. The van der Waals surface area contributed by atoms with Gasteiger partial charge in [0.1, 0.15) is 35.1 Å². The van der Waals surface area contributed by atoms with Gasteiger partial charge in [0.15, 0.2) is 11.2 Å². The first-order valence-electron chi connectivity index (χ1n) is 17.8. The molecular weight excluding hydrogens is 699 g/mol. The molecule has 13 heteroatoms. The molecule has 0 radical (unpaired) electrons. The Hall–Kier alpha value is -5.71. The number of rotatable bonds is 10. The lowest BCUT2D eigenvalue weighted by Crippen LogP contribution is -2.35. The standard InChI is InChI=1S/C41H36F3N5O5/c1-22-28(29-7-4-9-31(23(29)2)39-47-33-15-24(14-25(18-45)37(33)54-39)19-48-13-11-27(42)21-48)6-3-8-30(22)38-46-32-16-26(20-49-12-5-10-34(49)40(50)51)35(53-41(43)44)17-36(32)52-38/h3-4,6-9,14-17,27,34,41H,5,10-13,19-21H2,1-2H3,(H,50,51)/t27?,34-/m0/s1. The van der Waals surface area contributed by atoms with Gasteiger partial charge in [-0.15, -0.1) is 0 Å². The Morgan fingerprint density at radius 2 is 1.63 bits per heavy atom. The third-order valence-corrected chi connectivity index (χ3v) is 10.5. The van der Waals surface area contributed by atoms with Gasteiger partial charge in [0.25, 0.3) is 0 Å². The van der Waals surface area contributed by atoms with Gasteiger partial charge in [-0.05, 0) is 97.8 Å². The SMILES string of the molecule is Cc1c(-c2nc3cc(CN4CCC[C@H]4C(=O)O)c(OC(F)F)cc3o2)cccc1-c1cccc(-c2nc3cc(CN4CCC(F)C4)cc(C#N)c3o2)c1C. The third-order valence-electron chi connectivity index (χ3n) is 10.5. The minimum atomic E-state index is -3.08. The fraction of sp³-hybridized carbons (Fsp3) is 0.317. The maximum atomic E-state index is 13.8. The van der Waals surface area contributed by atoms with Crippen LogP contribution in [0, 0.1) is 25.2 Å². The number of likely N-dealkylation sites (tertiary alicyclic amines) is 2. The topological polar surface area (TPSA) is 129 Å². The molecule has 0 saturated carbocycles. The molecule has 8 rings (SSSR count). The molecule has 2 aliphatic heterocycles. The lowest BCUT2D eigenvalue weighted by Gasteiger charge is -2.22. The summed E-state index contributed by atoms with van der Waals surface area (Å²) in [5, 5.41) is 19.6. The predicted molar refractivity (Wildman–Crippen MR) is 195 cm³/mol. The van der Waals surface area contributed by atoms with Gasteiger partial charge < -0.3 is 18.7 Å². The molecule has 2 aliphatic rings. The van der Waals surface area contributed by atoms with Crippen LogP contribution in [0.1, 0.15) is 47.1 Å². The number of aromatic nitrogens is 2. The van der Waals surface area contributed by atoms with Crippen LogP contribution in [0.2, 0.25) is 0 Å². The first-order valence-corrected chi connectivity index (χ1v) is 17.8. The summed E-state index contributed by atoms with van der Waals surface area (Å²) >= 11 is 0. The van der Waals surface area contributed by atoms with Gasteiger partial charge in [0, 0.05) is 48.9 Å². The van der Waals surface area contributed by atoms with Gasteiger partial charge >= 0.3 is 12.6 Å². The van der Waals surface area contributed by atoms with E-state index >= 15 is 0 Å². The molecule has 54 heavy (non-hydrogen) atoms. The zero-order chi connectivity index (χ0) is 37.7. The Labute approximate surface area is 308 Å². The Bertz CT molecular complexity index is 2450. The molecule has 0 amide bonds. The minimum Gasteiger partial charge on any atom is -0.480 e. The van der Waals surface area contributed by atoms with Crippen molar-refractivity contribution in [2.75, 3.05) is 19.6 Å². The molecular formula is C41H36F3N5O5. The van der Waals surface area contributed by atoms with Crippen LogP contribution in [-0.4, -0.2) is 69.3 Å². The summed E-state index contributed by atoms with van der Waals surface area (Å²) in [7, 11) is 0. The molecule has 2 fully saturated rings. The average Bonchev–Trinajstić information content (AvgIpc) is 3.95. The highest BCUT2D eigenvalue weighted by molar-refractivity contribution is 5.86. The van der Waals surface area contributed by atoms with E-state index in [0.717, 1.165) is 33.4 Å². The van der Waals surface area contributed by atoms with E-state index in [-0.39, 0.29) is 23.8 Å². The summed E-state index contributed by atoms with van der Waals surface area (Å²) in [6, 6.07) is 19.8. The van der Waals surface area contributed by atoms with E-state index in [0.29, 0.717) is 84.6 Å². The fourth-order valence-electron chi connectivity index (χ4n) is 7.84. The monoisotopic (exact) mass is 735 g/mol. The van der Waals surface area contributed by atoms with Crippen LogP contribution in [0.15, 0.2) is 69.5 Å². The number of fused-ring (bicyclic) bond motifs is 2. The summed E-state index contributed by atoms with van der Waals surface area (Å²) in [5.41, 5.74) is 8.29. The van der Waals surface area contributed by atoms with E-state index < -0.39 is 24.8 Å². The molecule has 0 aliphatic carbocycles. The number of benzene rings is 4. The molecule has 6 aromatic rings. The molecule has 1 N–H and O–H groups in total. The third kappa shape index (κ3) is 6.67. The van der Waals surface area contributed by atoms with Crippen LogP contribution in [0.25, 0.3) is 56.2 Å². The van der Waals surface area contributed by atoms with E-state index in [1.54, 1.807) is 17.0 Å². The average molecular weight is 736 g/mol. The van der Waals surface area contributed by atoms with E-state index in [1.807, 2.05) is 61.2 Å². The molecule has 1 unspecified atom stereocenters. The predicted octanol–water partition coefficient (Wildman–Crippen LogP) is 8.65. The second kappa shape index (κ2) is 14.3. The Morgan fingerprint density at radius 3 is 2.28 bits per heavy atom. The molecule has 2 atom stereocenters. The molecule has 0 spiro atoms. The van der Waals surface area contributed by atoms with Gasteiger partial charge in [-0.3, -0.25) is 14.6 Å². The Balaban J connectivity index is 1.13. The van der Waals surface area contributed by atoms with Crippen LogP contribution < -0.4 is 4.74 Å². The van der Waals surface area contributed by atoms with E-state index in [1.165, 1.54) is 6.07 Å². The van der Waals surface area contributed by atoms with Crippen LogP contribution in [0.5, 0.6) is 5.75 Å². The number of hydrogen-bond donors (Lipinski definition) is 1. The number of aliphatic carboxylic acids is 1. The smallest absolute Gasteiger partial charge is 0.387 e. The zero-order valence-corrected chi connectivity index (χ0v) is 29.6. The van der Waals surface area contributed by atoms with Crippen LogP contribution >= 0.6 is 0 Å². The number of carboxylic acids is 1. The summed E-state index contributed by atoms with van der Waals surface area (Å²) in [5.74, 6) is -0.379. The largest absolute Gasteiger partial charge is 0.480 e. The highest BCUT2D eigenvalue weighted by Crippen LogP contribution is 2.39. The number of hydrogen-bond acceptors (Lipinski definition) is 9. The quantitative estimate of drug-likeness (QED) is 0.146. The maximum Gasteiger partial charge on any atom is 0.387 e. The number of alkyl halides is 3. The van der Waals surface area contributed by atoms with Crippen molar-refractivity contribution in [2.24, 2.45) is 0 Å². The number of carboxylic acid groups (broad SMARTS) is 1. The Kier molecular flexibility index (Phi) is 9.33. The van der Waals surface area contributed by atoms with Crippen LogP contribution in [-0.2, 0) is 17.9 Å². The fourth-order valence-corrected chi connectivity index (χ4v) is 7.84. The molecule has 2 saturated heterocycles. The van der Waals surface area contributed by atoms with Crippen LogP contribution in [0.3, 0.4) is 0 Å². The lowest BCUT2D eigenvalue weighted by molar-refractivity contribution is -0.142. The van der Waals surface area contributed by atoms with Gasteiger partial charge in [0.05, 0.1) is 5.56 Å². The van der Waals surface area contributed by atoms with Gasteiger partial charge in [-0.2, -0.15) is 14.0 Å². The van der Waals surface area contributed by atoms with Crippen molar-refractivity contribution in [3.63, 3.8) is 0 Å². The summed E-state index contributed by atoms with van der Waals surface area (Å²) in [4.78, 5) is 25.1. The van der Waals surface area contributed by atoms with E-state index in [9.17, 15) is 28.3 Å². The molecule has 4 aromatic carbocycles. The number of nitrogens with zero attached hydrogens (tertiary/aromatic N) is 5. The van der Waals surface area contributed by atoms with Crippen LogP contribution in [0.4, 0.5) is 13.2 Å². The number of carbonyl (C=O) groups is 1. The lowest BCUT2D eigenvalue weighted by atomic mass is 9.91. The highest BCUT2D eigenvalue weighted by Gasteiger charge is 2.32. The maximum absolute atomic E-state index is 13.8. The van der Waals surface area contributed by atoms with Crippen molar-refractivity contribution in [1.82, 2.24) is 19.8 Å². The first kappa shape index (κ1) is 35.3. The van der Waals surface area contributed by atoms with Crippen molar-refractivity contribution in [2.45, 2.75) is 65.0 Å². The number of oxazole rings is 2. The van der Waals surface area contributed by atoms with Crippen molar-refractivity contribution >= 4 is 28.2 Å². The summed E-state index contributed by atoms with van der Waals surface area (Å²) < 4.78 is 58.0. The van der Waals surface area contributed by atoms with Crippen molar-refractivity contribution in [1.29, 1.82) is 5.26 Å².